The third kappa shape index (κ3) is 8.15. The number of nitrogens with one attached hydrogen (secondary N) is 1. The van der Waals surface area contributed by atoms with Gasteiger partial charge >= 0.3 is 0 Å². The van der Waals surface area contributed by atoms with Gasteiger partial charge in [0.15, 0.2) is 0 Å². The van der Waals surface area contributed by atoms with Crippen molar-refractivity contribution in [1.82, 2.24) is 10.2 Å². The molecular weight excluding hydrogens is 586 g/mol. The molecule has 0 aliphatic heterocycles. The number of amides is 2. The molecule has 0 bridgehead atoms. The Hall–Kier alpha value is -4.34. The standard InChI is InChI=1S/C33H34ClN3O5S/c1-3-42-29-19-17-28(18-20-29)37(43(40,41)30-15-8-5-9-16-30)24-32(38)36(23-26-13-10-14-27(34)21-26)31(33(39)35-2)22-25-11-6-4-7-12-25/h4-21,31H,3,22-24H2,1-2H3,(H,35,39). The van der Waals surface area contributed by atoms with E-state index < -0.39 is 28.5 Å². The van der Waals surface area contributed by atoms with E-state index in [1.54, 1.807) is 66.7 Å². The van der Waals surface area contributed by atoms with Crippen molar-refractivity contribution >= 4 is 39.1 Å². The van der Waals surface area contributed by atoms with E-state index in [9.17, 15) is 18.0 Å². The summed E-state index contributed by atoms with van der Waals surface area (Å²) in [5, 5.41) is 3.15. The minimum absolute atomic E-state index is 0.0326. The van der Waals surface area contributed by atoms with E-state index in [-0.39, 0.29) is 29.5 Å². The predicted molar refractivity (Wildman–Crippen MR) is 169 cm³/mol. The van der Waals surface area contributed by atoms with Crippen LogP contribution in [-0.4, -0.2) is 51.4 Å². The van der Waals surface area contributed by atoms with Gasteiger partial charge in [-0.1, -0.05) is 72.3 Å². The van der Waals surface area contributed by atoms with E-state index in [2.05, 4.69) is 5.32 Å². The van der Waals surface area contributed by atoms with Gasteiger partial charge in [0.05, 0.1) is 17.2 Å². The topological polar surface area (TPSA) is 96.0 Å². The Morgan fingerprint density at radius 3 is 2.09 bits per heavy atom. The summed E-state index contributed by atoms with van der Waals surface area (Å²) < 4.78 is 34.6. The number of benzene rings is 4. The first-order valence-corrected chi connectivity index (χ1v) is 15.6. The molecule has 0 aromatic heterocycles. The van der Waals surface area contributed by atoms with Crippen LogP contribution in [0, 0.1) is 0 Å². The number of hydrogen-bond acceptors (Lipinski definition) is 5. The molecule has 0 heterocycles. The van der Waals surface area contributed by atoms with E-state index in [0.717, 1.165) is 9.87 Å². The number of halogens is 1. The highest BCUT2D eigenvalue weighted by molar-refractivity contribution is 7.92. The maximum Gasteiger partial charge on any atom is 0.264 e. The van der Waals surface area contributed by atoms with Gasteiger partial charge < -0.3 is 15.0 Å². The van der Waals surface area contributed by atoms with Crippen molar-refractivity contribution in [3.63, 3.8) is 0 Å². The molecule has 1 N–H and O–H groups in total. The molecule has 0 radical (unpaired) electrons. The van der Waals surface area contributed by atoms with E-state index in [1.807, 2.05) is 37.3 Å². The molecule has 0 spiro atoms. The van der Waals surface area contributed by atoms with Crippen LogP contribution in [0.5, 0.6) is 5.75 Å². The average molecular weight is 620 g/mol. The summed E-state index contributed by atoms with van der Waals surface area (Å²) in [5.41, 5.74) is 1.82. The maximum absolute atomic E-state index is 14.3. The van der Waals surface area contributed by atoms with Crippen molar-refractivity contribution in [2.75, 3.05) is 24.5 Å². The molecule has 4 rings (SSSR count). The molecule has 0 saturated heterocycles. The lowest BCUT2D eigenvalue weighted by Gasteiger charge is -2.33. The van der Waals surface area contributed by atoms with Crippen molar-refractivity contribution < 1.29 is 22.7 Å². The summed E-state index contributed by atoms with van der Waals surface area (Å²) in [5.74, 6) is -0.365. The van der Waals surface area contributed by atoms with Crippen molar-refractivity contribution in [2.24, 2.45) is 0 Å². The van der Waals surface area contributed by atoms with Gasteiger partial charge in [-0.2, -0.15) is 0 Å². The van der Waals surface area contributed by atoms with Crippen LogP contribution in [0.15, 0.2) is 114 Å². The fourth-order valence-electron chi connectivity index (χ4n) is 4.68. The monoisotopic (exact) mass is 619 g/mol. The zero-order chi connectivity index (χ0) is 30.8. The smallest absolute Gasteiger partial charge is 0.264 e. The molecule has 2 amide bonds. The van der Waals surface area contributed by atoms with Gasteiger partial charge in [0.1, 0.15) is 18.3 Å². The van der Waals surface area contributed by atoms with Crippen molar-refractivity contribution in [3.05, 3.63) is 125 Å². The van der Waals surface area contributed by atoms with Gasteiger partial charge in [-0.15, -0.1) is 0 Å². The zero-order valence-electron chi connectivity index (χ0n) is 24.0. The normalized spacial score (nSPS) is 11.8. The first-order valence-electron chi connectivity index (χ1n) is 13.8. The summed E-state index contributed by atoms with van der Waals surface area (Å²) in [6, 6.07) is 29.9. The Balaban J connectivity index is 1.77. The van der Waals surface area contributed by atoms with E-state index >= 15 is 0 Å². The highest BCUT2D eigenvalue weighted by Crippen LogP contribution is 2.27. The molecule has 0 aliphatic rings. The van der Waals surface area contributed by atoms with Gasteiger partial charge in [0.25, 0.3) is 10.0 Å². The van der Waals surface area contributed by atoms with Crippen LogP contribution in [0.1, 0.15) is 18.1 Å². The second kappa shape index (κ2) is 14.7. The summed E-state index contributed by atoms with van der Waals surface area (Å²) in [4.78, 5) is 29.1. The van der Waals surface area contributed by atoms with Crippen LogP contribution >= 0.6 is 11.6 Å². The van der Waals surface area contributed by atoms with Gasteiger partial charge in [-0.25, -0.2) is 8.42 Å². The number of carbonyl (C=O) groups excluding carboxylic acids is 2. The fraction of sp³-hybridized carbons (Fsp3) is 0.212. The Kier molecular flexibility index (Phi) is 10.8. The molecule has 8 nitrogen and oxygen atoms in total. The second-order valence-electron chi connectivity index (χ2n) is 9.72. The summed E-state index contributed by atoms with van der Waals surface area (Å²) in [6.45, 7) is 1.79. The lowest BCUT2D eigenvalue weighted by molar-refractivity contribution is -0.139. The molecule has 0 fully saturated rings. The minimum atomic E-state index is -4.17. The second-order valence-corrected chi connectivity index (χ2v) is 12.0. The Bertz CT molecular complexity index is 1620. The van der Waals surface area contributed by atoms with Gasteiger partial charge in [0, 0.05) is 25.0 Å². The zero-order valence-corrected chi connectivity index (χ0v) is 25.6. The van der Waals surface area contributed by atoms with Gasteiger partial charge in [0.2, 0.25) is 11.8 Å². The summed E-state index contributed by atoms with van der Waals surface area (Å²) >= 11 is 6.25. The van der Waals surface area contributed by atoms with Crippen molar-refractivity contribution in [3.8, 4) is 5.75 Å². The first kappa shape index (κ1) is 31.6. The third-order valence-electron chi connectivity index (χ3n) is 6.81. The molecule has 4 aromatic rings. The summed E-state index contributed by atoms with van der Waals surface area (Å²) in [6.07, 6.45) is 0.224. The Morgan fingerprint density at radius 1 is 0.860 bits per heavy atom. The SMILES string of the molecule is CCOc1ccc(N(CC(=O)N(Cc2cccc(Cl)c2)C(Cc2ccccc2)C(=O)NC)S(=O)(=O)c2ccccc2)cc1. The fourth-order valence-corrected chi connectivity index (χ4v) is 6.32. The molecule has 43 heavy (non-hydrogen) atoms. The van der Waals surface area contributed by atoms with Crippen molar-refractivity contribution in [1.29, 1.82) is 0 Å². The molecule has 1 unspecified atom stereocenters. The first-order chi connectivity index (χ1) is 20.7. The number of sulfonamides is 1. The lowest BCUT2D eigenvalue weighted by atomic mass is 10.0. The Labute approximate surface area is 257 Å². The van der Waals surface area contributed by atoms with E-state index in [0.29, 0.717) is 22.9 Å². The van der Waals surface area contributed by atoms with E-state index in [4.69, 9.17) is 16.3 Å². The van der Waals surface area contributed by atoms with Crippen LogP contribution < -0.4 is 14.4 Å². The average Bonchev–Trinajstić information content (AvgIpc) is 3.02. The largest absolute Gasteiger partial charge is 0.494 e. The molecule has 0 saturated carbocycles. The molecule has 4 aromatic carbocycles. The molecular formula is C33H34ClN3O5S. The number of likely N-dealkylation sites (N-methyl/N-ethyl adjacent to an activating group) is 1. The van der Waals surface area contributed by atoms with Crippen LogP contribution in [-0.2, 0) is 32.6 Å². The van der Waals surface area contributed by atoms with Gasteiger partial charge in [-0.3, -0.25) is 13.9 Å². The van der Waals surface area contributed by atoms with E-state index in [1.165, 1.54) is 24.1 Å². The molecule has 1 atom stereocenters. The molecule has 224 valence electrons. The minimum Gasteiger partial charge on any atom is -0.494 e. The quantitative estimate of drug-likeness (QED) is 0.219. The number of ether oxygens (including phenoxy) is 1. The van der Waals surface area contributed by atoms with Crippen LogP contribution in [0.2, 0.25) is 5.02 Å². The van der Waals surface area contributed by atoms with Crippen LogP contribution in [0.4, 0.5) is 5.69 Å². The maximum atomic E-state index is 14.3. The molecule has 10 heteroatoms. The highest BCUT2D eigenvalue weighted by Gasteiger charge is 2.34. The predicted octanol–water partition coefficient (Wildman–Crippen LogP) is 5.32. The number of nitrogens with zero attached hydrogens (tertiary/aromatic N) is 2. The number of rotatable bonds is 13. The molecule has 0 aliphatic carbocycles. The highest BCUT2D eigenvalue weighted by atomic mass is 35.5. The lowest BCUT2D eigenvalue weighted by Crippen LogP contribution is -2.53. The van der Waals surface area contributed by atoms with Gasteiger partial charge in [-0.05, 0) is 66.6 Å². The summed E-state index contributed by atoms with van der Waals surface area (Å²) in [7, 11) is -2.67. The van der Waals surface area contributed by atoms with Crippen LogP contribution in [0.25, 0.3) is 0 Å². The number of anilines is 1. The van der Waals surface area contributed by atoms with Crippen LogP contribution in [0.3, 0.4) is 0 Å². The third-order valence-corrected chi connectivity index (χ3v) is 8.83. The number of hydrogen-bond donors (Lipinski definition) is 1. The number of carbonyl (C=O) groups is 2. The Morgan fingerprint density at radius 2 is 1.49 bits per heavy atom. The van der Waals surface area contributed by atoms with Crippen molar-refractivity contribution in [2.45, 2.75) is 30.8 Å².